The van der Waals surface area contributed by atoms with Crippen LogP contribution in [-0.4, -0.2) is 35.6 Å². The molecule has 0 radical (unpaired) electrons. The third kappa shape index (κ3) is 4.52. The first-order chi connectivity index (χ1) is 9.08. The van der Waals surface area contributed by atoms with Gasteiger partial charge in [0.15, 0.2) is 0 Å². The number of rotatable bonds is 6. The average Bonchev–Trinajstić information content (AvgIpc) is 2.38. The SMILES string of the molecule is COc1cc(NC(=O)CSCC#N)ccc1C(=O)O. The molecule has 0 aliphatic rings. The molecule has 0 saturated carbocycles. The first-order valence-corrected chi connectivity index (χ1v) is 6.40. The average molecular weight is 280 g/mol. The minimum atomic E-state index is -1.10. The minimum Gasteiger partial charge on any atom is -0.496 e. The Morgan fingerprint density at radius 2 is 2.26 bits per heavy atom. The molecule has 1 aromatic carbocycles. The number of hydrogen-bond acceptors (Lipinski definition) is 5. The van der Waals surface area contributed by atoms with Crippen LogP contribution in [0.1, 0.15) is 10.4 Å². The molecule has 2 N–H and O–H groups in total. The molecule has 19 heavy (non-hydrogen) atoms. The highest BCUT2D eigenvalue weighted by atomic mass is 32.2. The van der Waals surface area contributed by atoms with E-state index >= 15 is 0 Å². The molecule has 0 bridgehead atoms. The molecule has 0 unspecified atom stereocenters. The van der Waals surface area contributed by atoms with Crippen LogP contribution in [-0.2, 0) is 4.79 Å². The summed E-state index contributed by atoms with van der Waals surface area (Å²) in [5.41, 5.74) is 0.476. The van der Waals surface area contributed by atoms with Gasteiger partial charge in [-0.25, -0.2) is 4.79 Å². The molecule has 1 amide bonds. The Bertz CT molecular complexity index is 525. The van der Waals surface area contributed by atoms with Gasteiger partial charge in [-0.3, -0.25) is 4.79 Å². The molecule has 0 aromatic heterocycles. The Balaban J connectivity index is 2.72. The summed E-state index contributed by atoms with van der Waals surface area (Å²) in [5, 5.41) is 19.9. The molecule has 1 rings (SSSR count). The van der Waals surface area contributed by atoms with E-state index in [0.717, 1.165) is 0 Å². The standard InChI is InChI=1S/C12H12N2O4S/c1-18-10-6-8(2-3-9(10)12(16)17)14-11(15)7-19-5-4-13/h2-3,6H,5,7H2,1H3,(H,14,15)(H,16,17). The number of carboxylic acid groups (broad SMARTS) is 1. The van der Waals surface area contributed by atoms with E-state index in [1.165, 1.54) is 37.1 Å². The van der Waals surface area contributed by atoms with Gasteiger partial charge in [-0.2, -0.15) is 5.26 Å². The summed E-state index contributed by atoms with van der Waals surface area (Å²) >= 11 is 1.20. The van der Waals surface area contributed by atoms with Crippen molar-refractivity contribution in [2.45, 2.75) is 0 Å². The van der Waals surface area contributed by atoms with Crippen LogP contribution in [0.4, 0.5) is 5.69 Å². The topological polar surface area (TPSA) is 99.4 Å². The largest absolute Gasteiger partial charge is 0.496 e. The lowest BCUT2D eigenvalue weighted by molar-refractivity contribution is -0.113. The van der Waals surface area contributed by atoms with Crippen molar-refractivity contribution in [3.8, 4) is 11.8 Å². The predicted molar refractivity (Wildman–Crippen MR) is 71.5 cm³/mol. The van der Waals surface area contributed by atoms with Crippen LogP contribution in [0.25, 0.3) is 0 Å². The van der Waals surface area contributed by atoms with Gasteiger partial charge in [0, 0.05) is 11.8 Å². The Morgan fingerprint density at radius 3 is 2.84 bits per heavy atom. The Morgan fingerprint density at radius 1 is 1.53 bits per heavy atom. The minimum absolute atomic E-state index is 0.0272. The number of carbonyl (C=O) groups is 2. The number of carbonyl (C=O) groups excluding carboxylic acids is 1. The molecule has 1 aromatic rings. The van der Waals surface area contributed by atoms with Crippen molar-refractivity contribution in [2.75, 3.05) is 23.9 Å². The number of aromatic carboxylic acids is 1. The van der Waals surface area contributed by atoms with Crippen molar-refractivity contribution in [3.05, 3.63) is 23.8 Å². The fraction of sp³-hybridized carbons (Fsp3) is 0.250. The summed E-state index contributed by atoms with van der Waals surface area (Å²) in [5.74, 6) is -0.773. The van der Waals surface area contributed by atoms with Crippen molar-refractivity contribution in [3.63, 3.8) is 0 Å². The lowest BCUT2D eigenvalue weighted by Crippen LogP contribution is -2.14. The molecule has 0 saturated heterocycles. The summed E-state index contributed by atoms with van der Waals surface area (Å²) in [7, 11) is 1.36. The van der Waals surface area contributed by atoms with Gasteiger partial charge in [0.2, 0.25) is 5.91 Å². The van der Waals surface area contributed by atoms with E-state index in [4.69, 9.17) is 15.1 Å². The van der Waals surface area contributed by atoms with Gasteiger partial charge in [0.1, 0.15) is 11.3 Å². The van der Waals surface area contributed by atoms with Crippen LogP contribution in [0.3, 0.4) is 0 Å². The van der Waals surface area contributed by atoms with Gasteiger partial charge >= 0.3 is 5.97 Å². The molecular weight excluding hydrogens is 268 g/mol. The summed E-state index contributed by atoms with van der Waals surface area (Å²) in [6.45, 7) is 0. The number of thioether (sulfide) groups is 1. The quantitative estimate of drug-likeness (QED) is 0.768. The number of nitrogens with one attached hydrogen (secondary N) is 1. The van der Waals surface area contributed by atoms with E-state index in [9.17, 15) is 9.59 Å². The Kier molecular flexibility index (Phi) is 5.70. The van der Waals surface area contributed by atoms with Gasteiger partial charge in [-0.15, -0.1) is 11.8 Å². The van der Waals surface area contributed by atoms with Gasteiger partial charge in [0.25, 0.3) is 0 Å². The monoisotopic (exact) mass is 280 g/mol. The lowest BCUT2D eigenvalue weighted by atomic mass is 10.2. The molecule has 7 heteroatoms. The van der Waals surface area contributed by atoms with Crippen LogP contribution in [0.5, 0.6) is 5.75 Å². The van der Waals surface area contributed by atoms with Crippen molar-refractivity contribution in [1.82, 2.24) is 0 Å². The first kappa shape index (κ1) is 14.9. The number of hydrogen-bond donors (Lipinski definition) is 2. The number of nitriles is 1. The number of ether oxygens (including phenoxy) is 1. The second-order valence-corrected chi connectivity index (χ2v) is 4.40. The van der Waals surface area contributed by atoms with E-state index in [0.29, 0.717) is 5.69 Å². The highest BCUT2D eigenvalue weighted by molar-refractivity contribution is 8.00. The second kappa shape index (κ2) is 7.28. The normalized spacial score (nSPS) is 9.47. The molecule has 0 fully saturated rings. The van der Waals surface area contributed by atoms with Crippen molar-refractivity contribution >= 4 is 29.3 Å². The van der Waals surface area contributed by atoms with E-state index in [1.54, 1.807) is 0 Å². The Labute approximate surface area is 114 Å². The van der Waals surface area contributed by atoms with Gasteiger partial charge in [0.05, 0.1) is 24.7 Å². The van der Waals surface area contributed by atoms with Gasteiger partial charge < -0.3 is 15.2 Å². The molecule has 100 valence electrons. The number of amides is 1. The fourth-order valence-corrected chi connectivity index (χ4v) is 1.78. The maximum atomic E-state index is 11.5. The van der Waals surface area contributed by atoms with E-state index < -0.39 is 5.97 Å². The van der Waals surface area contributed by atoms with Crippen molar-refractivity contribution < 1.29 is 19.4 Å². The predicted octanol–water partition coefficient (Wildman–Crippen LogP) is 1.59. The number of methoxy groups -OCH3 is 1. The third-order valence-corrected chi connectivity index (χ3v) is 2.91. The second-order valence-electron chi connectivity index (χ2n) is 3.42. The van der Waals surface area contributed by atoms with Crippen LogP contribution in [0, 0.1) is 11.3 Å². The summed E-state index contributed by atoms with van der Waals surface area (Å²) in [4.78, 5) is 22.4. The van der Waals surface area contributed by atoms with Crippen molar-refractivity contribution in [1.29, 1.82) is 5.26 Å². The summed E-state index contributed by atoms with van der Waals surface area (Å²) in [6, 6.07) is 6.21. The molecule has 0 aliphatic heterocycles. The number of carboxylic acids is 1. The molecular formula is C12H12N2O4S. The summed E-state index contributed by atoms with van der Waals surface area (Å²) < 4.78 is 4.95. The smallest absolute Gasteiger partial charge is 0.339 e. The molecule has 0 spiro atoms. The molecule has 6 nitrogen and oxygen atoms in total. The molecule has 0 heterocycles. The van der Waals surface area contributed by atoms with Gasteiger partial charge in [-0.05, 0) is 12.1 Å². The maximum Gasteiger partial charge on any atom is 0.339 e. The molecule has 0 atom stereocenters. The number of anilines is 1. The van der Waals surface area contributed by atoms with Crippen LogP contribution < -0.4 is 10.1 Å². The highest BCUT2D eigenvalue weighted by Crippen LogP contribution is 2.23. The molecule has 0 aliphatic carbocycles. The zero-order valence-corrected chi connectivity index (χ0v) is 11.0. The fourth-order valence-electron chi connectivity index (χ4n) is 1.33. The van der Waals surface area contributed by atoms with Crippen LogP contribution in [0.2, 0.25) is 0 Å². The number of benzene rings is 1. The van der Waals surface area contributed by atoms with E-state index in [1.807, 2.05) is 6.07 Å². The zero-order chi connectivity index (χ0) is 14.3. The van der Waals surface area contributed by atoms with E-state index in [-0.39, 0.29) is 28.7 Å². The first-order valence-electron chi connectivity index (χ1n) is 5.24. The van der Waals surface area contributed by atoms with E-state index in [2.05, 4.69) is 5.32 Å². The zero-order valence-electron chi connectivity index (χ0n) is 10.2. The van der Waals surface area contributed by atoms with Gasteiger partial charge in [-0.1, -0.05) is 0 Å². The number of nitrogens with zero attached hydrogens (tertiary/aromatic N) is 1. The third-order valence-electron chi connectivity index (χ3n) is 2.12. The summed E-state index contributed by atoms with van der Waals surface area (Å²) in [6.07, 6.45) is 0. The lowest BCUT2D eigenvalue weighted by Gasteiger charge is -2.09. The maximum absolute atomic E-state index is 11.5. The highest BCUT2D eigenvalue weighted by Gasteiger charge is 2.12. The van der Waals surface area contributed by atoms with Crippen LogP contribution in [0.15, 0.2) is 18.2 Å². The Hall–Kier alpha value is -2.20. The van der Waals surface area contributed by atoms with Crippen LogP contribution >= 0.6 is 11.8 Å². The van der Waals surface area contributed by atoms with Crippen molar-refractivity contribution in [2.24, 2.45) is 0 Å².